The molecule has 0 aliphatic rings. The normalized spacial score (nSPS) is 11.6. The van der Waals surface area contributed by atoms with E-state index in [-0.39, 0.29) is 21.7 Å². The molecule has 0 aliphatic carbocycles. The van der Waals surface area contributed by atoms with E-state index in [0.29, 0.717) is 29.4 Å². The van der Waals surface area contributed by atoms with Crippen LogP contribution in [0.5, 0.6) is 0 Å². The van der Waals surface area contributed by atoms with Gasteiger partial charge in [0.2, 0.25) is 11.1 Å². The minimum Gasteiger partial charge on any atom is -0.469 e. The van der Waals surface area contributed by atoms with Gasteiger partial charge >= 0.3 is 6.18 Å². The van der Waals surface area contributed by atoms with Crippen molar-refractivity contribution in [3.8, 4) is 11.4 Å². The van der Waals surface area contributed by atoms with Gasteiger partial charge in [-0.15, -0.1) is 10.2 Å². The van der Waals surface area contributed by atoms with E-state index in [1.165, 1.54) is 10.9 Å². The van der Waals surface area contributed by atoms with Crippen LogP contribution in [0.2, 0.25) is 5.02 Å². The van der Waals surface area contributed by atoms with Crippen molar-refractivity contribution in [1.29, 1.82) is 0 Å². The van der Waals surface area contributed by atoms with E-state index in [2.05, 4.69) is 20.5 Å². The van der Waals surface area contributed by atoms with Crippen molar-refractivity contribution in [2.24, 2.45) is 0 Å². The van der Waals surface area contributed by atoms with Crippen molar-refractivity contribution in [2.75, 3.05) is 16.9 Å². The molecule has 3 aromatic heterocycles. The quantitative estimate of drug-likeness (QED) is 0.469. The molecular formula is C15H12ClF3N6O2S. The lowest BCUT2D eigenvalue weighted by molar-refractivity contribution is -0.137. The van der Waals surface area contributed by atoms with Gasteiger partial charge in [0.25, 0.3) is 0 Å². The topological polar surface area (TPSA) is 112 Å². The second-order valence-corrected chi connectivity index (χ2v) is 6.81. The number of alkyl halides is 3. The number of halogens is 4. The number of hydrogen-bond acceptors (Lipinski definition) is 7. The molecule has 0 unspecified atom stereocenters. The summed E-state index contributed by atoms with van der Waals surface area (Å²) in [5, 5.41) is 10.1. The molecule has 28 heavy (non-hydrogen) atoms. The molecule has 1 amide bonds. The van der Waals surface area contributed by atoms with Crippen molar-refractivity contribution >= 4 is 35.1 Å². The molecule has 148 valence electrons. The number of nitrogens with zero attached hydrogens (tertiary/aromatic N) is 4. The first-order valence-electron chi connectivity index (χ1n) is 7.57. The number of amides is 1. The zero-order chi connectivity index (χ0) is 20.5. The van der Waals surface area contributed by atoms with Crippen LogP contribution in [0.4, 0.5) is 19.0 Å². The van der Waals surface area contributed by atoms with Gasteiger partial charge in [-0.2, -0.15) is 13.2 Å². The summed E-state index contributed by atoms with van der Waals surface area (Å²) in [6, 6.07) is 2.37. The molecular weight excluding hydrogens is 421 g/mol. The molecule has 8 nitrogen and oxygen atoms in total. The van der Waals surface area contributed by atoms with E-state index in [0.717, 1.165) is 11.8 Å². The van der Waals surface area contributed by atoms with Gasteiger partial charge < -0.3 is 15.6 Å². The minimum atomic E-state index is -4.58. The highest BCUT2D eigenvalue weighted by Crippen LogP contribution is 2.32. The maximum absolute atomic E-state index is 12.6. The van der Waals surface area contributed by atoms with E-state index in [9.17, 15) is 18.0 Å². The largest absolute Gasteiger partial charge is 0.469 e. The Morgan fingerprint density at radius 3 is 2.79 bits per heavy atom. The standard InChI is InChI=1S/C15H12ClF3N6O2S/c1-7-9(2-3-27-7)13-23-24-14(25(13)20)28-6-11(26)22-12-10(16)4-8(5-21-12)15(17,18)19/h2-5H,6,20H2,1H3,(H,21,22,26). The fraction of sp³-hybridized carbons (Fsp3) is 0.200. The van der Waals surface area contributed by atoms with Crippen molar-refractivity contribution < 1.29 is 22.4 Å². The fourth-order valence-electron chi connectivity index (χ4n) is 2.16. The van der Waals surface area contributed by atoms with Gasteiger partial charge in [0, 0.05) is 6.20 Å². The molecule has 0 aromatic carbocycles. The summed E-state index contributed by atoms with van der Waals surface area (Å²) in [5.74, 6) is 6.04. The average molecular weight is 433 g/mol. The maximum atomic E-state index is 12.6. The van der Waals surface area contributed by atoms with Crippen LogP contribution in [0.15, 0.2) is 34.2 Å². The number of carbonyl (C=O) groups excluding carboxylic acids is 1. The molecule has 3 rings (SSSR count). The van der Waals surface area contributed by atoms with Gasteiger partial charge in [-0.3, -0.25) is 4.79 Å². The second kappa shape index (κ2) is 7.72. The van der Waals surface area contributed by atoms with Gasteiger partial charge in [0.1, 0.15) is 5.76 Å². The summed E-state index contributed by atoms with van der Waals surface area (Å²) in [6.45, 7) is 1.74. The predicted octanol–water partition coefficient (Wildman–Crippen LogP) is 3.36. The number of anilines is 1. The third kappa shape index (κ3) is 4.22. The number of furan rings is 1. The number of nitrogens with one attached hydrogen (secondary N) is 1. The number of thioether (sulfide) groups is 1. The SMILES string of the molecule is Cc1occc1-c1nnc(SCC(=O)Nc2ncc(C(F)(F)F)cc2Cl)n1N. The van der Waals surface area contributed by atoms with E-state index in [4.69, 9.17) is 21.9 Å². The summed E-state index contributed by atoms with van der Waals surface area (Å²) in [4.78, 5) is 15.6. The third-order valence-corrected chi connectivity index (χ3v) is 4.75. The molecule has 0 atom stereocenters. The fourth-order valence-corrected chi connectivity index (χ4v) is 3.03. The lowest BCUT2D eigenvalue weighted by atomic mass is 10.2. The van der Waals surface area contributed by atoms with Crippen molar-refractivity contribution in [1.82, 2.24) is 19.9 Å². The van der Waals surface area contributed by atoms with Gasteiger partial charge in [0.05, 0.1) is 28.2 Å². The highest BCUT2D eigenvalue weighted by atomic mass is 35.5. The molecule has 13 heteroatoms. The Morgan fingerprint density at radius 1 is 1.43 bits per heavy atom. The molecule has 0 saturated carbocycles. The van der Waals surface area contributed by atoms with Crippen LogP contribution in [0.25, 0.3) is 11.4 Å². The molecule has 0 fully saturated rings. The summed E-state index contributed by atoms with van der Waals surface area (Å²) in [7, 11) is 0. The van der Waals surface area contributed by atoms with Crippen LogP contribution in [-0.2, 0) is 11.0 Å². The Hall–Kier alpha value is -2.73. The molecule has 0 aliphatic heterocycles. The molecule has 3 heterocycles. The lowest BCUT2D eigenvalue weighted by Gasteiger charge is -2.10. The Balaban J connectivity index is 1.64. The van der Waals surface area contributed by atoms with Crippen molar-refractivity contribution in [3.63, 3.8) is 0 Å². The summed E-state index contributed by atoms with van der Waals surface area (Å²) in [5.41, 5.74) is -0.352. The van der Waals surface area contributed by atoms with Crippen molar-refractivity contribution in [3.05, 3.63) is 40.9 Å². The molecule has 0 spiro atoms. The van der Waals surface area contributed by atoms with Crippen molar-refractivity contribution in [2.45, 2.75) is 18.3 Å². The van der Waals surface area contributed by atoms with Crippen LogP contribution in [0, 0.1) is 6.92 Å². The van der Waals surface area contributed by atoms with E-state index < -0.39 is 17.6 Å². The van der Waals surface area contributed by atoms with Crippen LogP contribution < -0.4 is 11.2 Å². The Morgan fingerprint density at radius 2 is 2.18 bits per heavy atom. The molecule has 0 radical (unpaired) electrons. The highest BCUT2D eigenvalue weighted by molar-refractivity contribution is 7.99. The Bertz CT molecular complexity index is 1020. The highest BCUT2D eigenvalue weighted by Gasteiger charge is 2.31. The summed E-state index contributed by atoms with van der Waals surface area (Å²) >= 11 is 6.74. The summed E-state index contributed by atoms with van der Waals surface area (Å²) < 4.78 is 44.2. The van der Waals surface area contributed by atoms with Crippen LogP contribution in [0.3, 0.4) is 0 Å². The molecule has 3 N–H and O–H groups in total. The third-order valence-electron chi connectivity index (χ3n) is 3.52. The van der Waals surface area contributed by atoms with Gasteiger partial charge in [-0.05, 0) is 19.1 Å². The summed E-state index contributed by atoms with van der Waals surface area (Å²) in [6.07, 6.45) is -2.50. The predicted molar refractivity (Wildman–Crippen MR) is 96.2 cm³/mol. The number of nitrogen functional groups attached to an aromatic ring is 1. The van der Waals surface area contributed by atoms with Gasteiger partial charge in [-0.25, -0.2) is 9.66 Å². The molecule has 0 bridgehead atoms. The van der Waals surface area contributed by atoms with E-state index >= 15 is 0 Å². The van der Waals surface area contributed by atoms with Crippen LogP contribution in [0.1, 0.15) is 11.3 Å². The molecule has 3 aromatic rings. The average Bonchev–Trinajstić information content (AvgIpc) is 3.19. The maximum Gasteiger partial charge on any atom is 0.417 e. The van der Waals surface area contributed by atoms with Crippen LogP contribution >= 0.6 is 23.4 Å². The smallest absolute Gasteiger partial charge is 0.417 e. The number of hydrogen-bond donors (Lipinski definition) is 2. The number of carbonyl (C=O) groups is 1. The van der Waals surface area contributed by atoms with E-state index in [1.54, 1.807) is 13.0 Å². The first-order valence-corrected chi connectivity index (χ1v) is 8.93. The Kier molecular flexibility index (Phi) is 5.52. The van der Waals surface area contributed by atoms with Gasteiger partial charge in [-0.1, -0.05) is 23.4 Å². The van der Waals surface area contributed by atoms with E-state index in [1.807, 2.05) is 0 Å². The van der Waals surface area contributed by atoms with Crippen LogP contribution in [-0.4, -0.2) is 31.5 Å². The van der Waals surface area contributed by atoms with Gasteiger partial charge in [0.15, 0.2) is 11.6 Å². The zero-order valence-electron chi connectivity index (χ0n) is 14.1. The second-order valence-electron chi connectivity index (χ2n) is 5.46. The number of rotatable bonds is 5. The zero-order valence-corrected chi connectivity index (χ0v) is 15.7. The molecule has 0 saturated heterocycles. The first-order chi connectivity index (χ1) is 13.2. The Labute approximate surface area is 165 Å². The monoisotopic (exact) mass is 432 g/mol. The number of aromatic nitrogens is 4. The number of nitrogens with two attached hydrogens (primary N) is 1. The first kappa shape index (κ1) is 20.0. The number of pyridine rings is 1. The number of aryl methyl sites for hydroxylation is 1. The lowest BCUT2D eigenvalue weighted by Crippen LogP contribution is -2.17. The minimum absolute atomic E-state index is 0.140.